The third-order valence-corrected chi connectivity index (χ3v) is 3.47. The maximum atomic E-state index is 12.0. The van der Waals surface area contributed by atoms with E-state index in [1.165, 1.54) is 24.4 Å². The third kappa shape index (κ3) is 3.63. The zero-order valence-corrected chi connectivity index (χ0v) is 12.9. The summed E-state index contributed by atoms with van der Waals surface area (Å²) in [5, 5.41) is 14.3. The number of aromatic amines is 1. The standard InChI is InChI=1S/C17H13N3O5/c21-16(19-11-3-1-4-12(9-11)20(23)24)10-25-15-6-2-5-14-13(15)7-8-18-17(14)22/h1-9H,10H2,(H,18,22)(H,19,21). The number of ether oxygens (including phenoxy) is 1. The molecule has 3 aromatic rings. The maximum absolute atomic E-state index is 12.0. The van der Waals surface area contributed by atoms with Gasteiger partial charge in [0.05, 0.1) is 10.3 Å². The number of aromatic nitrogens is 1. The number of nitro groups is 1. The fourth-order valence-electron chi connectivity index (χ4n) is 2.36. The highest BCUT2D eigenvalue weighted by Crippen LogP contribution is 2.22. The van der Waals surface area contributed by atoms with Crippen LogP contribution in [0.3, 0.4) is 0 Å². The van der Waals surface area contributed by atoms with Crippen LogP contribution in [0.2, 0.25) is 0 Å². The molecule has 1 aromatic heterocycles. The lowest BCUT2D eigenvalue weighted by molar-refractivity contribution is -0.384. The van der Waals surface area contributed by atoms with Gasteiger partial charge in [0.2, 0.25) is 0 Å². The van der Waals surface area contributed by atoms with E-state index in [4.69, 9.17) is 4.74 Å². The fraction of sp³-hybridized carbons (Fsp3) is 0.0588. The van der Waals surface area contributed by atoms with Gasteiger partial charge in [0.1, 0.15) is 5.75 Å². The number of nitrogens with one attached hydrogen (secondary N) is 2. The quantitative estimate of drug-likeness (QED) is 0.547. The summed E-state index contributed by atoms with van der Waals surface area (Å²) in [6, 6.07) is 12.3. The summed E-state index contributed by atoms with van der Waals surface area (Å²) in [6.45, 7) is -0.297. The molecule has 0 atom stereocenters. The van der Waals surface area contributed by atoms with Crippen LogP contribution in [0.4, 0.5) is 11.4 Å². The summed E-state index contributed by atoms with van der Waals surface area (Å²) in [4.78, 5) is 36.5. The molecule has 2 N–H and O–H groups in total. The molecule has 0 unspecified atom stereocenters. The lowest BCUT2D eigenvalue weighted by Gasteiger charge is -2.09. The Kier molecular flexibility index (Phi) is 4.42. The van der Waals surface area contributed by atoms with E-state index in [1.807, 2.05) is 0 Å². The van der Waals surface area contributed by atoms with Crippen LogP contribution in [-0.2, 0) is 4.79 Å². The number of non-ortho nitro benzene ring substituents is 1. The number of H-pyrrole nitrogens is 1. The number of hydrogen-bond donors (Lipinski definition) is 2. The van der Waals surface area contributed by atoms with Crippen molar-refractivity contribution in [3.05, 3.63) is 75.2 Å². The average molecular weight is 339 g/mol. The Morgan fingerprint density at radius 3 is 2.76 bits per heavy atom. The molecule has 126 valence electrons. The van der Waals surface area contributed by atoms with Gasteiger partial charge in [0.25, 0.3) is 17.2 Å². The number of nitro benzene ring substituents is 1. The van der Waals surface area contributed by atoms with Crippen molar-refractivity contribution in [1.29, 1.82) is 0 Å². The van der Waals surface area contributed by atoms with Gasteiger partial charge in [0.15, 0.2) is 6.61 Å². The van der Waals surface area contributed by atoms with Crippen molar-refractivity contribution in [1.82, 2.24) is 4.98 Å². The monoisotopic (exact) mass is 339 g/mol. The average Bonchev–Trinajstić information content (AvgIpc) is 2.60. The van der Waals surface area contributed by atoms with Gasteiger partial charge in [-0.05, 0) is 24.3 Å². The summed E-state index contributed by atoms with van der Waals surface area (Å²) in [5.74, 6) is -0.0693. The molecule has 0 radical (unpaired) electrons. The lowest BCUT2D eigenvalue weighted by Crippen LogP contribution is -2.20. The highest BCUT2D eigenvalue weighted by atomic mass is 16.6. The van der Waals surface area contributed by atoms with Crippen LogP contribution in [-0.4, -0.2) is 22.4 Å². The van der Waals surface area contributed by atoms with E-state index in [9.17, 15) is 19.7 Å². The number of benzene rings is 2. The van der Waals surface area contributed by atoms with E-state index in [1.54, 1.807) is 30.3 Å². The molecule has 8 nitrogen and oxygen atoms in total. The van der Waals surface area contributed by atoms with Crippen molar-refractivity contribution in [2.45, 2.75) is 0 Å². The predicted octanol–water partition coefficient (Wildman–Crippen LogP) is 2.45. The highest BCUT2D eigenvalue weighted by Gasteiger charge is 2.10. The molecule has 0 aliphatic rings. The van der Waals surface area contributed by atoms with E-state index in [0.717, 1.165) is 0 Å². The summed E-state index contributed by atoms with van der Waals surface area (Å²) >= 11 is 0. The van der Waals surface area contributed by atoms with E-state index in [-0.39, 0.29) is 17.9 Å². The maximum Gasteiger partial charge on any atom is 0.271 e. The Morgan fingerprint density at radius 1 is 1.16 bits per heavy atom. The summed E-state index contributed by atoms with van der Waals surface area (Å²) < 4.78 is 5.49. The largest absolute Gasteiger partial charge is 0.483 e. The zero-order chi connectivity index (χ0) is 17.8. The second kappa shape index (κ2) is 6.83. The molecule has 0 bridgehead atoms. The Morgan fingerprint density at radius 2 is 1.96 bits per heavy atom. The Labute approximate surface area is 141 Å². The van der Waals surface area contributed by atoms with Crippen LogP contribution in [0.15, 0.2) is 59.5 Å². The van der Waals surface area contributed by atoms with Gasteiger partial charge in [0, 0.05) is 29.4 Å². The van der Waals surface area contributed by atoms with Crippen molar-refractivity contribution in [3.8, 4) is 5.75 Å². The molecule has 0 aliphatic heterocycles. The minimum Gasteiger partial charge on any atom is -0.483 e. The van der Waals surface area contributed by atoms with Crippen LogP contribution >= 0.6 is 0 Å². The van der Waals surface area contributed by atoms with Gasteiger partial charge in [-0.15, -0.1) is 0 Å². The first kappa shape index (κ1) is 16.2. The molecule has 0 saturated heterocycles. The Balaban J connectivity index is 1.71. The molecular weight excluding hydrogens is 326 g/mol. The Hall–Kier alpha value is -3.68. The van der Waals surface area contributed by atoms with Gasteiger partial charge in [-0.2, -0.15) is 0 Å². The van der Waals surface area contributed by atoms with Gasteiger partial charge in [-0.25, -0.2) is 0 Å². The van der Waals surface area contributed by atoms with Crippen molar-refractivity contribution >= 4 is 28.1 Å². The normalized spacial score (nSPS) is 10.4. The second-order valence-corrected chi connectivity index (χ2v) is 5.17. The van der Waals surface area contributed by atoms with Crippen molar-refractivity contribution in [2.75, 3.05) is 11.9 Å². The fourth-order valence-corrected chi connectivity index (χ4v) is 2.36. The third-order valence-electron chi connectivity index (χ3n) is 3.47. The topological polar surface area (TPSA) is 114 Å². The second-order valence-electron chi connectivity index (χ2n) is 5.17. The van der Waals surface area contributed by atoms with Crippen molar-refractivity contribution in [2.24, 2.45) is 0 Å². The summed E-state index contributed by atoms with van der Waals surface area (Å²) in [7, 11) is 0. The van der Waals surface area contributed by atoms with Crippen LogP contribution < -0.4 is 15.6 Å². The highest BCUT2D eigenvalue weighted by molar-refractivity contribution is 5.93. The summed E-state index contributed by atoms with van der Waals surface area (Å²) in [5.41, 5.74) is -0.0619. The van der Waals surface area contributed by atoms with Gasteiger partial charge in [-0.1, -0.05) is 12.1 Å². The number of amides is 1. The minimum atomic E-state index is -0.542. The van der Waals surface area contributed by atoms with E-state index in [0.29, 0.717) is 22.2 Å². The van der Waals surface area contributed by atoms with Gasteiger partial charge in [-0.3, -0.25) is 19.7 Å². The number of fused-ring (bicyclic) bond motifs is 1. The molecule has 0 aliphatic carbocycles. The first-order chi connectivity index (χ1) is 12.0. The minimum absolute atomic E-state index is 0.119. The lowest BCUT2D eigenvalue weighted by atomic mass is 10.1. The molecule has 8 heteroatoms. The number of carbonyl (C=O) groups is 1. The number of carbonyl (C=O) groups excluding carboxylic acids is 1. The number of nitrogens with zero attached hydrogens (tertiary/aromatic N) is 1. The molecule has 0 fully saturated rings. The number of rotatable bonds is 5. The smallest absolute Gasteiger partial charge is 0.271 e. The van der Waals surface area contributed by atoms with E-state index < -0.39 is 10.8 Å². The molecule has 25 heavy (non-hydrogen) atoms. The van der Waals surface area contributed by atoms with Crippen molar-refractivity contribution < 1.29 is 14.5 Å². The molecule has 3 rings (SSSR count). The zero-order valence-electron chi connectivity index (χ0n) is 12.9. The van der Waals surface area contributed by atoms with Crippen LogP contribution in [0, 0.1) is 10.1 Å². The van der Waals surface area contributed by atoms with E-state index >= 15 is 0 Å². The van der Waals surface area contributed by atoms with Crippen molar-refractivity contribution in [3.63, 3.8) is 0 Å². The number of hydrogen-bond acceptors (Lipinski definition) is 5. The van der Waals surface area contributed by atoms with E-state index in [2.05, 4.69) is 10.3 Å². The van der Waals surface area contributed by atoms with Gasteiger partial charge < -0.3 is 15.0 Å². The first-order valence-electron chi connectivity index (χ1n) is 7.32. The molecule has 1 heterocycles. The van der Waals surface area contributed by atoms with Gasteiger partial charge >= 0.3 is 0 Å². The number of anilines is 1. The molecule has 1 amide bonds. The first-order valence-corrected chi connectivity index (χ1v) is 7.32. The predicted molar refractivity (Wildman–Crippen MR) is 91.8 cm³/mol. The van der Waals surface area contributed by atoms with Crippen LogP contribution in [0.25, 0.3) is 10.8 Å². The van der Waals surface area contributed by atoms with Crippen LogP contribution in [0.1, 0.15) is 0 Å². The molecule has 2 aromatic carbocycles. The molecule has 0 spiro atoms. The Bertz CT molecular complexity index is 1010. The van der Waals surface area contributed by atoms with Crippen LogP contribution in [0.5, 0.6) is 5.75 Å². The number of pyridine rings is 1. The summed E-state index contributed by atoms with van der Waals surface area (Å²) in [6.07, 6.45) is 1.50. The SMILES string of the molecule is O=C(COc1cccc2c(=O)[nH]ccc12)Nc1cccc([N+](=O)[O-])c1. The molecular formula is C17H13N3O5. The molecule has 0 saturated carbocycles.